The topological polar surface area (TPSA) is 73.2 Å². The molecule has 3 rings (SSSR count). The monoisotopic (exact) mass is 439 g/mol. The molecule has 3 aromatic rings. The summed E-state index contributed by atoms with van der Waals surface area (Å²) in [5.41, 5.74) is 4.91. The van der Waals surface area contributed by atoms with Crippen LogP contribution in [0.4, 0.5) is 0 Å². The number of nitrogens with one attached hydrogen (secondary N) is 1. The normalized spacial score (nSPS) is 11.8. The van der Waals surface area contributed by atoms with Crippen molar-refractivity contribution in [2.24, 2.45) is 0 Å². The summed E-state index contributed by atoms with van der Waals surface area (Å²) in [4.78, 5) is 25.0. The molecule has 0 saturated carbocycles. The number of carbonyl (C=O) groups is 2. The average Bonchev–Trinajstić information content (AvgIpc) is 3.01. The number of aromatic nitrogens is 2. The summed E-state index contributed by atoms with van der Waals surface area (Å²) in [5, 5.41) is 7.33. The SMILES string of the molecule is Cc1ccc(CNC(=O)[C@H](C)OC(=O)c2c(C)nn(Cc3ccc(C)cc3)c2Cl)cc1. The summed E-state index contributed by atoms with van der Waals surface area (Å²) in [6, 6.07) is 15.8. The molecular weight excluding hydrogens is 414 g/mol. The van der Waals surface area contributed by atoms with Gasteiger partial charge in [0, 0.05) is 6.54 Å². The predicted molar refractivity (Wildman–Crippen MR) is 120 cm³/mol. The van der Waals surface area contributed by atoms with Gasteiger partial charge in [0.15, 0.2) is 6.10 Å². The maximum atomic E-state index is 12.7. The van der Waals surface area contributed by atoms with Gasteiger partial charge in [0.05, 0.1) is 12.2 Å². The van der Waals surface area contributed by atoms with Gasteiger partial charge in [0.2, 0.25) is 0 Å². The molecule has 1 N–H and O–H groups in total. The van der Waals surface area contributed by atoms with E-state index in [1.54, 1.807) is 11.6 Å². The zero-order valence-electron chi connectivity index (χ0n) is 18.1. The lowest BCUT2D eigenvalue weighted by Crippen LogP contribution is -2.35. The van der Waals surface area contributed by atoms with E-state index in [4.69, 9.17) is 16.3 Å². The molecule has 0 unspecified atom stereocenters. The maximum absolute atomic E-state index is 12.7. The fraction of sp³-hybridized carbons (Fsp3) is 0.292. The third-order valence-electron chi connectivity index (χ3n) is 4.96. The first kappa shape index (κ1) is 22.6. The van der Waals surface area contributed by atoms with Crippen LogP contribution in [0.2, 0.25) is 5.15 Å². The first-order chi connectivity index (χ1) is 14.7. The quantitative estimate of drug-likeness (QED) is 0.555. The summed E-state index contributed by atoms with van der Waals surface area (Å²) in [6.07, 6.45) is -0.964. The third kappa shape index (κ3) is 5.73. The molecule has 1 amide bonds. The molecule has 0 spiro atoms. The molecule has 31 heavy (non-hydrogen) atoms. The maximum Gasteiger partial charge on any atom is 0.343 e. The van der Waals surface area contributed by atoms with Gasteiger partial charge in [0.25, 0.3) is 5.91 Å². The van der Waals surface area contributed by atoms with Crippen LogP contribution in [0.3, 0.4) is 0 Å². The highest BCUT2D eigenvalue weighted by Crippen LogP contribution is 2.22. The number of ether oxygens (including phenoxy) is 1. The Labute approximate surface area is 187 Å². The van der Waals surface area contributed by atoms with Gasteiger partial charge in [-0.15, -0.1) is 0 Å². The molecule has 6 nitrogen and oxygen atoms in total. The molecule has 0 aliphatic carbocycles. The number of carbonyl (C=O) groups excluding carboxylic acids is 2. The Hall–Kier alpha value is -3.12. The van der Waals surface area contributed by atoms with Gasteiger partial charge in [-0.05, 0) is 38.8 Å². The van der Waals surface area contributed by atoms with E-state index in [-0.39, 0.29) is 16.6 Å². The van der Waals surface area contributed by atoms with Crippen molar-refractivity contribution < 1.29 is 14.3 Å². The molecule has 1 aromatic heterocycles. The van der Waals surface area contributed by atoms with Crippen molar-refractivity contribution in [1.82, 2.24) is 15.1 Å². The fourth-order valence-corrected chi connectivity index (χ4v) is 3.38. The highest BCUT2D eigenvalue weighted by Gasteiger charge is 2.25. The number of hydrogen-bond acceptors (Lipinski definition) is 4. The number of esters is 1. The number of amides is 1. The smallest absolute Gasteiger partial charge is 0.343 e. The Bertz CT molecular complexity index is 1070. The third-order valence-corrected chi connectivity index (χ3v) is 5.35. The minimum atomic E-state index is -0.964. The van der Waals surface area contributed by atoms with Gasteiger partial charge < -0.3 is 10.1 Å². The van der Waals surface area contributed by atoms with Crippen molar-refractivity contribution in [3.63, 3.8) is 0 Å². The zero-order valence-corrected chi connectivity index (χ0v) is 18.9. The second-order valence-electron chi connectivity index (χ2n) is 7.65. The minimum Gasteiger partial charge on any atom is -0.449 e. The van der Waals surface area contributed by atoms with Gasteiger partial charge >= 0.3 is 5.97 Å². The average molecular weight is 440 g/mol. The van der Waals surface area contributed by atoms with Crippen LogP contribution in [0.5, 0.6) is 0 Å². The van der Waals surface area contributed by atoms with Crippen molar-refractivity contribution in [1.29, 1.82) is 0 Å². The molecule has 0 fully saturated rings. The Kier molecular flexibility index (Phi) is 7.13. The molecule has 1 atom stereocenters. The Morgan fingerprint density at radius 1 is 1.00 bits per heavy atom. The van der Waals surface area contributed by atoms with Crippen molar-refractivity contribution in [3.8, 4) is 0 Å². The molecule has 7 heteroatoms. The largest absolute Gasteiger partial charge is 0.449 e. The van der Waals surface area contributed by atoms with Crippen LogP contribution >= 0.6 is 11.6 Å². The standard InChI is InChI=1S/C24H26ClN3O3/c1-15-5-9-19(10-6-15)13-26-23(29)18(4)31-24(30)21-17(3)27-28(22(21)25)14-20-11-7-16(2)8-12-20/h5-12,18H,13-14H2,1-4H3,(H,26,29)/t18-/m0/s1. The second kappa shape index (κ2) is 9.79. The lowest BCUT2D eigenvalue weighted by atomic mass is 10.1. The van der Waals surface area contributed by atoms with E-state index < -0.39 is 12.1 Å². The van der Waals surface area contributed by atoms with Gasteiger partial charge in [-0.1, -0.05) is 71.3 Å². The molecule has 162 valence electrons. The van der Waals surface area contributed by atoms with Crippen LogP contribution in [0, 0.1) is 20.8 Å². The van der Waals surface area contributed by atoms with E-state index in [0.29, 0.717) is 18.8 Å². The summed E-state index contributed by atoms with van der Waals surface area (Å²) in [5.74, 6) is -1.05. The van der Waals surface area contributed by atoms with Gasteiger partial charge in [-0.2, -0.15) is 5.10 Å². The molecule has 0 aliphatic heterocycles. The fourth-order valence-electron chi connectivity index (χ4n) is 3.07. The van der Waals surface area contributed by atoms with Crippen LogP contribution in [0.15, 0.2) is 48.5 Å². The number of hydrogen-bond donors (Lipinski definition) is 1. The Balaban J connectivity index is 1.62. The first-order valence-electron chi connectivity index (χ1n) is 10.1. The van der Waals surface area contributed by atoms with E-state index in [1.807, 2.05) is 62.4 Å². The number of halogens is 1. The molecular formula is C24H26ClN3O3. The van der Waals surface area contributed by atoms with Crippen LogP contribution < -0.4 is 5.32 Å². The molecule has 0 aliphatic rings. The summed E-state index contributed by atoms with van der Waals surface area (Å²) in [7, 11) is 0. The molecule has 2 aromatic carbocycles. The predicted octanol–water partition coefficient (Wildman–Crippen LogP) is 4.37. The Morgan fingerprint density at radius 2 is 1.55 bits per heavy atom. The van der Waals surface area contributed by atoms with Gasteiger partial charge in [0.1, 0.15) is 10.7 Å². The zero-order chi connectivity index (χ0) is 22.5. The molecule has 0 radical (unpaired) electrons. The van der Waals surface area contributed by atoms with Gasteiger partial charge in [-0.3, -0.25) is 4.79 Å². The van der Waals surface area contributed by atoms with Crippen LogP contribution in [0.25, 0.3) is 0 Å². The lowest BCUT2D eigenvalue weighted by molar-refractivity contribution is -0.129. The first-order valence-corrected chi connectivity index (χ1v) is 10.4. The van der Waals surface area contributed by atoms with E-state index in [9.17, 15) is 9.59 Å². The molecule has 0 saturated heterocycles. The van der Waals surface area contributed by atoms with E-state index >= 15 is 0 Å². The summed E-state index contributed by atoms with van der Waals surface area (Å²) < 4.78 is 6.91. The van der Waals surface area contributed by atoms with Crippen LogP contribution in [0.1, 0.15) is 45.2 Å². The Morgan fingerprint density at radius 3 is 2.13 bits per heavy atom. The lowest BCUT2D eigenvalue weighted by Gasteiger charge is -2.13. The van der Waals surface area contributed by atoms with E-state index in [2.05, 4.69) is 10.4 Å². The van der Waals surface area contributed by atoms with Gasteiger partial charge in [-0.25, -0.2) is 9.48 Å². The van der Waals surface area contributed by atoms with Crippen LogP contribution in [-0.2, 0) is 22.6 Å². The number of benzene rings is 2. The number of nitrogens with zero attached hydrogens (tertiary/aromatic N) is 2. The van der Waals surface area contributed by atoms with Crippen molar-refractivity contribution in [2.75, 3.05) is 0 Å². The van der Waals surface area contributed by atoms with Crippen molar-refractivity contribution >= 4 is 23.5 Å². The van der Waals surface area contributed by atoms with Crippen molar-refractivity contribution in [2.45, 2.75) is 46.9 Å². The molecule has 0 bridgehead atoms. The summed E-state index contributed by atoms with van der Waals surface area (Å²) in [6.45, 7) is 8.02. The van der Waals surface area contributed by atoms with Crippen LogP contribution in [-0.4, -0.2) is 27.8 Å². The van der Waals surface area contributed by atoms with Crippen molar-refractivity contribution in [3.05, 3.63) is 87.2 Å². The highest BCUT2D eigenvalue weighted by atomic mass is 35.5. The highest BCUT2D eigenvalue weighted by molar-refractivity contribution is 6.32. The number of rotatable bonds is 7. The van der Waals surface area contributed by atoms with E-state index in [0.717, 1.165) is 22.3 Å². The number of aryl methyl sites for hydroxylation is 3. The summed E-state index contributed by atoms with van der Waals surface area (Å²) >= 11 is 6.42. The second-order valence-corrected chi connectivity index (χ2v) is 8.00. The molecule has 1 heterocycles. The van der Waals surface area contributed by atoms with E-state index in [1.165, 1.54) is 6.92 Å². The minimum absolute atomic E-state index is 0.173.